The first-order valence-corrected chi connectivity index (χ1v) is 11.1. The first-order chi connectivity index (χ1) is 12.2. The van der Waals surface area contributed by atoms with Gasteiger partial charge in [0.15, 0.2) is 0 Å². The Morgan fingerprint density at radius 1 is 0.692 bits per heavy atom. The van der Waals surface area contributed by atoms with Crippen LogP contribution < -0.4 is 9.80 Å². The van der Waals surface area contributed by atoms with Crippen molar-refractivity contribution in [1.82, 2.24) is 0 Å². The van der Waals surface area contributed by atoms with Gasteiger partial charge in [-0.3, -0.25) is 0 Å². The molecular weight excluding hydrogens is 546 g/mol. The van der Waals surface area contributed by atoms with Gasteiger partial charge in [-0.2, -0.15) is 0 Å². The van der Waals surface area contributed by atoms with E-state index in [0.717, 1.165) is 0 Å². The van der Waals surface area contributed by atoms with Crippen molar-refractivity contribution in [2.45, 2.75) is 47.7 Å². The highest BCUT2D eigenvalue weighted by molar-refractivity contribution is 14.1. The van der Waals surface area contributed by atoms with Crippen LogP contribution in [0.3, 0.4) is 0 Å². The molecule has 2 aromatic rings. The third-order valence-electron chi connectivity index (χ3n) is 4.98. The molecule has 0 radical (unpaired) electrons. The zero-order valence-corrected chi connectivity index (χ0v) is 20.6. The Bertz CT molecular complexity index is 757. The number of benzene rings is 2. The topological polar surface area (TPSA) is 6.48 Å². The van der Waals surface area contributed by atoms with Crippen molar-refractivity contribution in [3.8, 4) is 0 Å². The summed E-state index contributed by atoms with van der Waals surface area (Å²) in [5, 5.41) is 0. The highest BCUT2D eigenvalue weighted by Gasteiger charge is 2.33. The minimum Gasteiger partial charge on any atom is -0.325 e. The molecule has 0 atom stereocenters. The maximum atomic E-state index is 2.46. The molecule has 0 saturated heterocycles. The Morgan fingerprint density at radius 2 is 1.00 bits per heavy atom. The fourth-order valence-corrected chi connectivity index (χ4v) is 6.00. The van der Waals surface area contributed by atoms with Crippen LogP contribution in [0.5, 0.6) is 0 Å². The molecule has 2 aromatic carbocycles. The Kier molecular flexibility index (Phi) is 5.92. The summed E-state index contributed by atoms with van der Waals surface area (Å²) in [5.74, 6) is 0.487. The lowest BCUT2D eigenvalue weighted by Gasteiger charge is -2.38. The molecule has 2 nitrogen and oxygen atoms in total. The summed E-state index contributed by atoms with van der Waals surface area (Å²) in [5.41, 5.74) is 8.02. The number of halogens is 2. The lowest BCUT2D eigenvalue weighted by atomic mass is 10.0. The quantitative estimate of drug-likeness (QED) is 0.369. The summed E-state index contributed by atoms with van der Waals surface area (Å²) in [6.45, 7) is 13.5. The third kappa shape index (κ3) is 3.63. The van der Waals surface area contributed by atoms with Gasteiger partial charge in [0.05, 0.1) is 0 Å². The highest BCUT2D eigenvalue weighted by Crippen LogP contribution is 2.39. The Morgan fingerprint density at radius 3 is 1.27 bits per heavy atom. The molecule has 138 valence electrons. The van der Waals surface area contributed by atoms with Crippen LogP contribution in [0.2, 0.25) is 0 Å². The molecule has 0 saturated carbocycles. The molecule has 3 rings (SSSR count). The Hall–Kier alpha value is -0.760. The molecule has 0 aliphatic carbocycles. The predicted molar refractivity (Wildman–Crippen MR) is 130 cm³/mol. The van der Waals surface area contributed by atoms with E-state index in [1.807, 2.05) is 0 Å². The molecule has 0 fully saturated rings. The number of rotatable bonds is 3. The van der Waals surface area contributed by atoms with Gasteiger partial charge in [0.25, 0.3) is 0 Å². The largest absolute Gasteiger partial charge is 0.325 e. The van der Waals surface area contributed by atoms with Crippen LogP contribution in [0.15, 0.2) is 36.7 Å². The lowest BCUT2D eigenvalue weighted by molar-refractivity contribution is 0.499. The van der Waals surface area contributed by atoms with Gasteiger partial charge < -0.3 is 9.80 Å². The summed E-state index contributed by atoms with van der Waals surface area (Å²) in [6.07, 6.45) is 4.79. The second kappa shape index (κ2) is 7.70. The normalized spacial score (nSPS) is 14.8. The summed E-state index contributed by atoms with van der Waals surface area (Å²) in [4.78, 5) is 4.92. The maximum Gasteiger partial charge on any atom is 0.112 e. The molecule has 0 aromatic heterocycles. The minimum absolute atomic E-state index is 0.282. The van der Waals surface area contributed by atoms with Gasteiger partial charge >= 0.3 is 0 Å². The summed E-state index contributed by atoms with van der Waals surface area (Å²) in [7, 11) is 0. The van der Waals surface area contributed by atoms with Crippen molar-refractivity contribution >= 4 is 56.6 Å². The number of hydrogen-bond donors (Lipinski definition) is 0. The van der Waals surface area contributed by atoms with Crippen molar-refractivity contribution in [1.29, 1.82) is 0 Å². The maximum absolute atomic E-state index is 2.46. The van der Waals surface area contributed by atoms with E-state index < -0.39 is 0 Å². The third-order valence-corrected chi connectivity index (χ3v) is 6.23. The van der Waals surface area contributed by atoms with Gasteiger partial charge in [-0.1, -0.05) is 13.8 Å². The van der Waals surface area contributed by atoms with Gasteiger partial charge in [0, 0.05) is 30.9 Å². The highest BCUT2D eigenvalue weighted by atomic mass is 127. The van der Waals surface area contributed by atoms with Crippen LogP contribution in [0.4, 0.5) is 11.4 Å². The predicted octanol–water partition coefficient (Wildman–Crippen LogP) is 6.91. The Labute approximate surface area is 184 Å². The van der Waals surface area contributed by atoms with Crippen molar-refractivity contribution in [2.75, 3.05) is 9.80 Å². The first-order valence-electron chi connectivity index (χ1n) is 8.99. The van der Waals surface area contributed by atoms with Crippen molar-refractivity contribution in [3.05, 3.63) is 66.1 Å². The SMILES string of the molecule is Cc1cc(I)cc(C)c1N1C=CN(c2c(C)cc(I)cc2C)C1C(C)C. The second-order valence-corrected chi connectivity index (χ2v) is 10.0. The molecule has 0 bridgehead atoms. The van der Waals surface area contributed by atoms with Gasteiger partial charge in [0.2, 0.25) is 0 Å². The van der Waals surface area contributed by atoms with Crippen LogP contribution in [-0.4, -0.2) is 6.17 Å². The molecule has 0 spiro atoms. The smallest absolute Gasteiger partial charge is 0.112 e. The van der Waals surface area contributed by atoms with Crippen LogP contribution in [0, 0.1) is 40.8 Å². The molecular formula is C22H26I2N2. The molecule has 0 amide bonds. The van der Waals surface area contributed by atoms with E-state index in [4.69, 9.17) is 0 Å². The van der Waals surface area contributed by atoms with Crippen LogP contribution in [-0.2, 0) is 0 Å². The molecule has 1 aliphatic heterocycles. The van der Waals surface area contributed by atoms with E-state index >= 15 is 0 Å². The van der Waals surface area contributed by atoms with Gasteiger partial charge in [-0.15, -0.1) is 0 Å². The minimum atomic E-state index is 0.282. The molecule has 1 heterocycles. The zero-order valence-electron chi connectivity index (χ0n) is 16.3. The molecule has 4 heteroatoms. The molecule has 1 aliphatic rings. The number of hydrogen-bond acceptors (Lipinski definition) is 2. The second-order valence-electron chi connectivity index (χ2n) is 7.55. The van der Waals surface area contributed by atoms with E-state index in [1.165, 1.54) is 40.8 Å². The van der Waals surface area contributed by atoms with E-state index in [9.17, 15) is 0 Å². The average molecular weight is 572 g/mol. The van der Waals surface area contributed by atoms with E-state index in [1.54, 1.807) is 0 Å². The summed E-state index contributed by atoms with van der Waals surface area (Å²) < 4.78 is 2.60. The lowest BCUT2D eigenvalue weighted by Crippen LogP contribution is -2.44. The molecule has 0 N–H and O–H groups in total. The van der Waals surface area contributed by atoms with Crippen LogP contribution >= 0.6 is 45.2 Å². The average Bonchev–Trinajstić information content (AvgIpc) is 2.89. The van der Waals surface area contributed by atoms with E-state index in [0.29, 0.717) is 5.92 Å². The van der Waals surface area contributed by atoms with E-state index in [2.05, 4.69) is 133 Å². The monoisotopic (exact) mass is 572 g/mol. The standard InChI is InChI=1S/C22H26I2N2/c1-13(2)22-25(20-14(3)9-18(23)10-15(20)4)7-8-26(22)21-16(5)11-19(24)12-17(21)6/h7-13,22H,1-6H3. The molecule has 26 heavy (non-hydrogen) atoms. The summed E-state index contributed by atoms with van der Waals surface area (Å²) >= 11 is 4.81. The number of nitrogens with zero attached hydrogens (tertiary/aromatic N) is 2. The van der Waals surface area contributed by atoms with Crippen molar-refractivity contribution in [3.63, 3.8) is 0 Å². The first kappa shape index (κ1) is 20.0. The molecule has 0 unspecified atom stereocenters. The number of aryl methyl sites for hydroxylation is 4. The number of anilines is 2. The zero-order chi connectivity index (χ0) is 19.2. The van der Waals surface area contributed by atoms with Gasteiger partial charge in [-0.25, -0.2) is 0 Å². The van der Waals surface area contributed by atoms with Gasteiger partial charge in [-0.05, 0) is 125 Å². The van der Waals surface area contributed by atoms with Crippen LogP contribution in [0.25, 0.3) is 0 Å². The van der Waals surface area contributed by atoms with Crippen LogP contribution in [0.1, 0.15) is 36.1 Å². The van der Waals surface area contributed by atoms with Crippen molar-refractivity contribution < 1.29 is 0 Å². The fourth-order valence-electron chi connectivity index (χ4n) is 4.13. The summed E-state index contributed by atoms with van der Waals surface area (Å²) in [6, 6.07) is 9.10. The van der Waals surface area contributed by atoms with E-state index in [-0.39, 0.29) is 6.17 Å². The fraction of sp³-hybridized carbons (Fsp3) is 0.364. The van der Waals surface area contributed by atoms with Crippen molar-refractivity contribution in [2.24, 2.45) is 5.92 Å². The van der Waals surface area contributed by atoms with Gasteiger partial charge in [0.1, 0.15) is 6.17 Å². The Balaban J connectivity index is 2.10.